The van der Waals surface area contributed by atoms with Gasteiger partial charge in [0, 0.05) is 0 Å². The Morgan fingerprint density at radius 2 is 0.958 bits per heavy atom. The van der Waals surface area contributed by atoms with Crippen LogP contribution < -0.4 is 0 Å². The van der Waals surface area contributed by atoms with Crippen molar-refractivity contribution in [3.8, 4) is 0 Å². The van der Waals surface area contributed by atoms with Crippen LogP contribution in [0, 0.1) is 13.8 Å². The van der Waals surface area contributed by atoms with Crippen LogP contribution >= 0.6 is 45.1 Å². The summed E-state index contributed by atoms with van der Waals surface area (Å²) in [5.41, 5.74) is 4.46. The number of aryl methyl sites for hydroxylation is 2. The molecule has 0 unspecified atom stereocenters. The topological polar surface area (TPSA) is 24.7 Å². The third-order valence-corrected chi connectivity index (χ3v) is 7.80. The second-order valence-electron chi connectivity index (χ2n) is 5.00. The minimum Gasteiger partial charge on any atom is -0.234 e. The monoisotopic (exact) mass is 392 g/mol. The average molecular weight is 393 g/mol. The lowest BCUT2D eigenvalue weighted by Gasteiger charge is -2.05. The minimum absolute atomic E-state index is 0.985. The van der Waals surface area contributed by atoms with Gasteiger partial charge in [0.1, 0.15) is 8.75 Å². The van der Waals surface area contributed by atoms with E-state index in [1.54, 1.807) is 45.1 Å². The maximum Gasteiger partial charge on any atom is 0.141 e. The Kier molecular flexibility index (Phi) is 8.32. The molecule has 0 saturated heterocycles. The highest BCUT2D eigenvalue weighted by molar-refractivity contribution is 8.93. The Morgan fingerprint density at radius 1 is 0.625 bits per heavy atom. The van der Waals surface area contributed by atoms with Crippen LogP contribution in [0.3, 0.4) is 0 Å². The van der Waals surface area contributed by atoms with Gasteiger partial charge < -0.3 is 0 Å². The summed E-state index contributed by atoms with van der Waals surface area (Å²) in [5.74, 6) is 0. The van der Waals surface area contributed by atoms with Crippen molar-refractivity contribution in [1.29, 1.82) is 0 Å². The van der Waals surface area contributed by atoms with Crippen LogP contribution in [0.1, 0.15) is 11.1 Å². The number of aliphatic imine (C=N–C) groups is 2. The highest BCUT2D eigenvalue weighted by atomic mass is 33.1. The number of hydrogen-bond donors (Lipinski definition) is 0. The molecule has 0 saturated carbocycles. The molecule has 6 heteroatoms. The maximum atomic E-state index is 4.70. The predicted octanol–water partition coefficient (Wildman–Crippen LogP) is 7.09. The van der Waals surface area contributed by atoms with Crippen molar-refractivity contribution in [2.75, 3.05) is 12.5 Å². The molecule has 2 rings (SSSR count). The van der Waals surface area contributed by atoms with E-state index >= 15 is 0 Å². The largest absolute Gasteiger partial charge is 0.234 e. The third-order valence-electron chi connectivity index (χ3n) is 3.04. The number of rotatable bonds is 2. The first-order valence-corrected chi connectivity index (χ1v) is 11.9. The smallest absolute Gasteiger partial charge is 0.141 e. The van der Waals surface area contributed by atoms with Gasteiger partial charge in [-0.25, -0.2) is 9.98 Å². The molecule has 0 aliphatic rings. The van der Waals surface area contributed by atoms with Crippen molar-refractivity contribution in [2.24, 2.45) is 9.98 Å². The van der Waals surface area contributed by atoms with Gasteiger partial charge in [0.25, 0.3) is 0 Å². The zero-order valence-corrected chi connectivity index (χ0v) is 17.4. The summed E-state index contributed by atoms with van der Waals surface area (Å²) < 4.78 is 2.05. The molecule has 126 valence electrons. The Morgan fingerprint density at radius 3 is 1.25 bits per heavy atom. The normalized spacial score (nSPS) is 12.5. The van der Waals surface area contributed by atoms with Gasteiger partial charge in [-0.15, -0.1) is 23.5 Å². The van der Waals surface area contributed by atoms with E-state index in [0.29, 0.717) is 0 Å². The molecule has 0 fully saturated rings. The van der Waals surface area contributed by atoms with Gasteiger partial charge in [-0.05, 0) is 72.2 Å². The fourth-order valence-electron chi connectivity index (χ4n) is 1.72. The Balaban J connectivity index is 2.04. The number of nitrogens with zero attached hydrogens (tertiary/aromatic N) is 2. The Labute approximate surface area is 160 Å². The van der Waals surface area contributed by atoms with E-state index in [9.17, 15) is 0 Å². The molecule has 0 aliphatic carbocycles. The van der Waals surface area contributed by atoms with E-state index in [2.05, 4.69) is 50.6 Å². The molecule has 0 radical (unpaired) electrons. The first-order chi connectivity index (χ1) is 11.6. The average Bonchev–Trinajstić information content (AvgIpc) is 2.60. The van der Waals surface area contributed by atoms with E-state index < -0.39 is 0 Å². The highest BCUT2D eigenvalue weighted by Crippen LogP contribution is 2.35. The summed E-state index contributed by atoms with van der Waals surface area (Å²) in [5, 5.41) is 0. The van der Waals surface area contributed by atoms with Crippen molar-refractivity contribution >= 4 is 65.2 Å². The molecule has 0 spiro atoms. The second kappa shape index (κ2) is 10.2. The van der Waals surface area contributed by atoms with Gasteiger partial charge in [-0.2, -0.15) is 0 Å². The van der Waals surface area contributed by atoms with Crippen LogP contribution in [0.2, 0.25) is 0 Å². The van der Waals surface area contributed by atoms with Gasteiger partial charge in [-0.1, -0.05) is 35.4 Å². The Bertz CT molecular complexity index is 643. The van der Waals surface area contributed by atoms with Crippen molar-refractivity contribution in [3.63, 3.8) is 0 Å². The summed E-state index contributed by atoms with van der Waals surface area (Å²) in [6.07, 6.45) is 4.10. The summed E-state index contributed by atoms with van der Waals surface area (Å²) >= 11 is 3.32. The summed E-state index contributed by atoms with van der Waals surface area (Å²) in [6, 6.07) is 16.5. The van der Waals surface area contributed by atoms with Crippen LogP contribution in [0.25, 0.3) is 0 Å². The molecule has 0 atom stereocenters. The van der Waals surface area contributed by atoms with E-state index in [1.807, 2.05) is 24.3 Å². The van der Waals surface area contributed by atoms with Crippen LogP contribution in [0.4, 0.5) is 11.4 Å². The molecule has 2 nitrogen and oxygen atoms in total. The molecule has 0 aliphatic heterocycles. The van der Waals surface area contributed by atoms with Crippen molar-refractivity contribution in [2.45, 2.75) is 13.8 Å². The van der Waals surface area contributed by atoms with Gasteiger partial charge in [0.05, 0.1) is 11.4 Å². The van der Waals surface area contributed by atoms with E-state index in [-0.39, 0.29) is 0 Å². The van der Waals surface area contributed by atoms with Crippen molar-refractivity contribution in [3.05, 3.63) is 59.7 Å². The van der Waals surface area contributed by atoms with Crippen molar-refractivity contribution in [1.82, 2.24) is 0 Å². The lowest BCUT2D eigenvalue weighted by molar-refractivity contribution is 1.44. The van der Waals surface area contributed by atoms with Crippen LogP contribution in [-0.4, -0.2) is 21.3 Å². The fourth-order valence-corrected chi connectivity index (χ4v) is 5.57. The zero-order chi connectivity index (χ0) is 17.4. The van der Waals surface area contributed by atoms with E-state index in [4.69, 9.17) is 9.98 Å². The minimum atomic E-state index is 0.985. The number of hydrogen-bond acceptors (Lipinski definition) is 6. The van der Waals surface area contributed by atoms with Crippen molar-refractivity contribution < 1.29 is 0 Å². The quantitative estimate of drug-likeness (QED) is 0.309. The zero-order valence-electron chi connectivity index (χ0n) is 14.1. The maximum absolute atomic E-state index is 4.70. The molecule has 0 amide bonds. The molecule has 0 aromatic heterocycles. The van der Waals surface area contributed by atoms with Crippen LogP contribution in [0.15, 0.2) is 58.5 Å². The molecule has 24 heavy (non-hydrogen) atoms. The highest BCUT2D eigenvalue weighted by Gasteiger charge is 2.06. The van der Waals surface area contributed by atoms with Gasteiger partial charge >= 0.3 is 0 Å². The molecular formula is C18H20N2S4. The molecule has 0 N–H and O–H groups in total. The first-order valence-electron chi connectivity index (χ1n) is 7.34. The van der Waals surface area contributed by atoms with Gasteiger partial charge in [0.15, 0.2) is 0 Å². The number of benzene rings is 2. The van der Waals surface area contributed by atoms with E-state index in [1.165, 1.54) is 11.1 Å². The number of thioether (sulfide) groups is 2. The fraction of sp³-hybridized carbons (Fsp3) is 0.222. The third kappa shape index (κ3) is 6.59. The summed E-state index contributed by atoms with van der Waals surface area (Å²) in [7, 11) is 3.31. The first kappa shape index (κ1) is 19.5. The molecule has 2 aromatic carbocycles. The SMILES string of the molecule is CSC(=Nc1ccc(C)cc1)SSC(=Nc1ccc(C)cc1)SC. The lowest BCUT2D eigenvalue weighted by atomic mass is 10.2. The lowest BCUT2D eigenvalue weighted by Crippen LogP contribution is -1.85. The summed E-state index contributed by atoms with van der Waals surface area (Å²) in [4.78, 5) is 9.40. The molecule has 2 aromatic rings. The molecule has 0 bridgehead atoms. The van der Waals surface area contributed by atoms with Crippen LogP contribution in [-0.2, 0) is 0 Å². The van der Waals surface area contributed by atoms with Gasteiger partial charge in [-0.3, -0.25) is 0 Å². The standard InChI is InChI=1S/C18H20N2S4/c1-13-5-9-15(10-6-13)19-17(21-3)23-24-18(22-4)20-16-11-7-14(2)8-12-16/h5-12H,1-4H3. The van der Waals surface area contributed by atoms with Crippen LogP contribution in [0.5, 0.6) is 0 Å². The predicted molar refractivity (Wildman–Crippen MR) is 119 cm³/mol. The van der Waals surface area contributed by atoms with Gasteiger partial charge in [0.2, 0.25) is 0 Å². The Hall–Kier alpha value is -0.820. The summed E-state index contributed by atoms with van der Waals surface area (Å²) in [6.45, 7) is 4.17. The molecular weight excluding hydrogens is 372 g/mol. The second-order valence-corrected chi connectivity index (χ2v) is 9.21. The van der Waals surface area contributed by atoms with E-state index in [0.717, 1.165) is 20.1 Å². The molecule has 0 heterocycles.